The number of thiazole rings is 1. The Bertz CT molecular complexity index is 671. The molecule has 2 N–H and O–H groups in total. The quantitative estimate of drug-likeness (QED) is 0.757. The van der Waals surface area contributed by atoms with Crippen LogP contribution in [0.25, 0.3) is 10.8 Å². The van der Waals surface area contributed by atoms with Gasteiger partial charge >= 0.3 is 0 Å². The van der Waals surface area contributed by atoms with Crippen molar-refractivity contribution in [1.82, 2.24) is 15.3 Å². The Kier molecular flexibility index (Phi) is 3.64. The molecule has 0 unspecified atom stereocenters. The molecule has 0 atom stereocenters. The summed E-state index contributed by atoms with van der Waals surface area (Å²) in [5.41, 5.74) is 1.81. The van der Waals surface area contributed by atoms with Crippen LogP contribution in [-0.4, -0.2) is 15.9 Å². The predicted octanol–water partition coefficient (Wildman–Crippen LogP) is 2.59. The SMILES string of the molecule is O=C(Cc1csc(-c2ccco2)n1)NCc1cc[nH]c1. The molecule has 5 nitrogen and oxygen atoms in total. The fourth-order valence-electron chi connectivity index (χ4n) is 1.80. The number of aromatic amines is 1. The van der Waals surface area contributed by atoms with Gasteiger partial charge in [-0.05, 0) is 23.8 Å². The molecule has 3 heterocycles. The first-order chi connectivity index (χ1) is 9.81. The summed E-state index contributed by atoms with van der Waals surface area (Å²) in [6, 6.07) is 5.60. The topological polar surface area (TPSA) is 70.9 Å². The van der Waals surface area contributed by atoms with E-state index in [2.05, 4.69) is 15.3 Å². The molecule has 0 aliphatic heterocycles. The van der Waals surface area contributed by atoms with Crippen molar-refractivity contribution in [2.75, 3.05) is 0 Å². The number of rotatable bonds is 5. The summed E-state index contributed by atoms with van der Waals surface area (Å²) in [6.07, 6.45) is 5.58. The number of hydrogen-bond donors (Lipinski definition) is 2. The van der Waals surface area contributed by atoms with Crippen molar-refractivity contribution in [3.05, 3.63) is 53.5 Å². The average molecular weight is 287 g/mol. The number of aromatic nitrogens is 2. The minimum Gasteiger partial charge on any atom is -0.462 e. The molecular weight excluding hydrogens is 274 g/mol. The normalized spacial score (nSPS) is 10.6. The zero-order chi connectivity index (χ0) is 13.8. The van der Waals surface area contributed by atoms with Gasteiger partial charge in [0.25, 0.3) is 0 Å². The molecule has 102 valence electrons. The highest BCUT2D eigenvalue weighted by Gasteiger charge is 2.10. The van der Waals surface area contributed by atoms with Crippen molar-refractivity contribution >= 4 is 17.2 Å². The summed E-state index contributed by atoms with van der Waals surface area (Å²) in [5.74, 6) is 0.691. The van der Waals surface area contributed by atoms with Gasteiger partial charge in [-0.1, -0.05) is 0 Å². The van der Waals surface area contributed by atoms with Crippen LogP contribution < -0.4 is 5.32 Å². The summed E-state index contributed by atoms with van der Waals surface area (Å²) < 4.78 is 5.28. The van der Waals surface area contributed by atoms with Gasteiger partial charge in [-0.3, -0.25) is 4.79 Å². The van der Waals surface area contributed by atoms with Gasteiger partial charge in [-0.2, -0.15) is 0 Å². The second-order valence-electron chi connectivity index (χ2n) is 4.29. The number of carbonyl (C=O) groups excluding carboxylic acids is 1. The van der Waals surface area contributed by atoms with E-state index in [-0.39, 0.29) is 12.3 Å². The first-order valence-corrected chi connectivity index (χ1v) is 7.06. The molecule has 20 heavy (non-hydrogen) atoms. The molecule has 0 bridgehead atoms. The van der Waals surface area contributed by atoms with E-state index >= 15 is 0 Å². The fraction of sp³-hybridized carbons (Fsp3) is 0.143. The van der Waals surface area contributed by atoms with Gasteiger partial charge in [-0.25, -0.2) is 4.98 Å². The smallest absolute Gasteiger partial charge is 0.226 e. The molecule has 0 fully saturated rings. The second-order valence-corrected chi connectivity index (χ2v) is 5.15. The zero-order valence-corrected chi connectivity index (χ0v) is 11.4. The summed E-state index contributed by atoms with van der Waals surface area (Å²) in [7, 11) is 0. The highest BCUT2D eigenvalue weighted by molar-refractivity contribution is 7.13. The lowest BCUT2D eigenvalue weighted by Crippen LogP contribution is -2.24. The molecule has 0 saturated heterocycles. The van der Waals surface area contributed by atoms with E-state index in [4.69, 9.17) is 4.42 Å². The number of hydrogen-bond acceptors (Lipinski definition) is 4. The summed E-state index contributed by atoms with van der Waals surface area (Å²) in [6.45, 7) is 0.525. The van der Waals surface area contributed by atoms with Gasteiger partial charge < -0.3 is 14.7 Å². The lowest BCUT2D eigenvalue weighted by molar-refractivity contribution is -0.120. The van der Waals surface area contributed by atoms with Crippen molar-refractivity contribution in [3.8, 4) is 10.8 Å². The lowest BCUT2D eigenvalue weighted by atomic mass is 10.3. The van der Waals surface area contributed by atoms with Crippen molar-refractivity contribution in [1.29, 1.82) is 0 Å². The Morgan fingerprint density at radius 1 is 1.45 bits per heavy atom. The van der Waals surface area contributed by atoms with Crippen LogP contribution in [0.2, 0.25) is 0 Å². The van der Waals surface area contributed by atoms with Gasteiger partial charge in [-0.15, -0.1) is 11.3 Å². The van der Waals surface area contributed by atoms with Crippen LogP contribution >= 0.6 is 11.3 Å². The molecule has 0 aliphatic rings. The maximum Gasteiger partial charge on any atom is 0.226 e. The number of nitrogens with zero attached hydrogens (tertiary/aromatic N) is 1. The first-order valence-electron chi connectivity index (χ1n) is 6.18. The minimum atomic E-state index is -0.0394. The van der Waals surface area contributed by atoms with Gasteiger partial charge in [0.1, 0.15) is 0 Å². The number of H-pyrrole nitrogens is 1. The summed E-state index contributed by atoms with van der Waals surface area (Å²) in [5, 5.41) is 5.54. The van der Waals surface area contributed by atoms with Crippen LogP contribution in [0.1, 0.15) is 11.3 Å². The lowest BCUT2D eigenvalue weighted by Gasteiger charge is -2.01. The minimum absolute atomic E-state index is 0.0394. The average Bonchev–Trinajstić information content (AvgIpc) is 3.18. The maximum absolute atomic E-state index is 11.8. The third-order valence-electron chi connectivity index (χ3n) is 2.78. The third-order valence-corrected chi connectivity index (χ3v) is 3.68. The van der Waals surface area contributed by atoms with Gasteiger partial charge in [0.05, 0.1) is 18.4 Å². The summed E-state index contributed by atoms with van der Waals surface area (Å²) >= 11 is 1.48. The van der Waals surface area contributed by atoms with Crippen molar-refractivity contribution in [3.63, 3.8) is 0 Å². The Labute approximate surface area is 119 Å². The molecule has 0 spiro atoms. The molecule has 3 rings (SSSR count). The van der Waals surface area contributed by atoms with Crippen LogP contribution in [0.3, 0.4) is 0 Å². The van der Waals surface area contributed by atoms with Crippen molar-refractivity contribution in [2.45, 2.75) is 13.0 Å². The standard InChI is InChI=1S/C14H13N3O2S/c18-13(16-8-10-3-4-15-7-10)6-11-9-20-14(17-11)12-2-1-5-19-12/h1-5,7,9,15H,6,8H2,(H,16,18). The molecule has 1 amide bonds. The molecule has 3 aromatic heterocycles. The van der Waals surface area contributed by atoms with Crippen molar-refractivity contribution in [2.24, 2.45) is 0 Å². The maximum atomic E-state index is 11.8. The Balaban J connectivity index is 1.56. The Hall–Kier alpha value is -2.34. The predicted molar refractivity (Wildman–Crippen MR) is 76.2 cm³/mol. The number of furan rings is 1. The van der Waals surface area contributed by atoms with Crippen LogP contribution in [0, 0.1) is 0 Å². The Morgan fingerprint density at radius 2 is 2.40 bits per heavy atom. The Morgan fingerprint density at radius 3 is 3.15 bits per heavy atom. The fourth-order valence-corrected chi connectivity index (χ4v) is 2.58. The highest BCUT2D eigenvalue weighted by atomic mass is 32.1. The third kappa shape index (κ3) is 2.97. The molecule has 0 aliphatic carbocycles. The number of carbonyl (C=O) groups is 1. The molecular formula is C14H13N3O2S. The molecule has 0 radical (unpaired) electrons. The van der Waals surface area contributed by atoms with Crippen LogP contribution in [0.5, 0.6) is 0 Å². The van der Waals surface area contributed by atoms with E-state index in [9.17, 15) is 4.79 Å². The van der Waals surface area contributed by atoms with E-state index in [1.165, 1.54) is 11.3 Å². The highest BCUT2D eigenvalue weighted by Crippen LogP contribution is 2.23. The molecule has 6 heteroatoms. The largest absolute Gasteiger partial charge is 0.462 e. The zero-order valence-electron chi connectivity index (χ0n) is 10.6. The van der Waals surface area contributed by atoms with E-state index < -0.39 is 0 Å². The van der Waals surface area contributed by atoms with Crippen LogP contribution in [0.15, 0.2) is 46.7 Å². The van der Waals surface area contributed by atoms with Gasteiger partial charge in [0.2, 0.25) is 5.91 Å². The van der Waals surface area contributed by atoms with E-state index in [0.717, 1.165) is 22.0 Å². The van der Waals surface area contributed by atoms with E-state index in [0.29, 0.717) is 6.54 Å². The van der Waals surface area contributed by atoms with Gasteiger partial charge in [0.15, 0.2) is 10.8 Å². The monoisotopic (exact) mass is 287 g/mol. The van der Waals surface area contributed by atoms with Crippen LogP contribution in [-0.2, 0) is 17.8 Å². The molecule has 0 saturated carbocycles. The van der Waals surface area contributed by atoms with E-state index in [1.807, 2.05) is 36.0 Å². The van der Waals surface area contributed by atoms with Crippen LogP contribution in [0.4, 0.5) is 0 Å². The second kappa shape index (κ2) is 5.75. The van der Waals surface area contributed by atoms with E-state index in [1.54, 1.807) is 6.26 Å². The van der Waals surface area contributed by atoms with Gasteiger partial charge in [0, 0.05) is 24.3 Å². The molecule has 3 aromatic rings. The molecule has 0 aromatic carbocycles. The summed E-state index contributed by atoms with van der Waals surface area (Å²) in [4.78, 5) is 19.2. The number of amides is 1. The number of nitrogens with one attached hydrogen (secondary N) is 2. The van der Waals surface area contributed by atoms with Crippen molar-refractivity contribution < 1.29 is 9.21 Å². The first kappa shape index (κ1) is 12.7.